The van der Waals surface area contributed by atoms with Crippen molar-refractivity contribution in [3.8, 4) is 0 Å². The van der Waals surface area contributed by atoms with Crippen LogP contribution >= 0.6 is 7.92 Å². The molecular formula is C18H26BP. The Labute approximate surface area is 126 Å². The van der Waals surface area contributed by atoms with Crippen LogP contribution < -0.4 is 5.30 Å². The van der Waals surface area contributed by atoms with Crippen molar-refractivity contribution < 1.29 is 0 Å². The molecule has 0 spiro atoms. The molecule has 1 aromatic carbocycles. The fraction of sp³-hybridized carbons (Fsp3) is 0.667. The Morgan fingerprint density at radius 3 is 2.30 bits per heavy atom. The first-order valence-electron chi connectivity index (χ1n) is 8.08. The normalized spacial score (nSPS) is 39.9. The lowest BCUT2D eigenvalue weighted by molar-refractivity contribution is 0.215. The summed E-state index contributed by atoms with van der Waals surface area (Å²) in [5.41, 5.74) is 0.852. The van der Waals surface area contributed by atoms with Crippen molar-refractivity contribution >= 4 is 21.1 Å². The van der Waals surface area contributed by atoms with E-state index in [2.05, 4.69) is 58.0 Å². The highest BCUT2D eigenvalue weighted by Crippen LogP contribution is 2.74. The molecule has 0 nitrogen and oxygen atoms in total. The second-order valence-corrected chi connectivity index (χ2v) is 10.2. The zero-order valence-electron chi connectivity index (χ0n) is 13.2. The molecule has 2 aliphatic heterocycles. The molecule has 2 bridgehead atoms. The Morgan fingerprint density at radius 1 is 1.10 bits per heavy atom. The molecule has 20 heavy (non-hydrogen) atoms. The smallest absolute Gasteiger partial charge is 0.0742 e. The van der Waals surface area contributed by atoms with E-state index in [4.69, 9.17) is 7.85 Å². The topological polar surface area (TPSA) is 0 Å². The van der Waals surface area contributed by atoms with Gasteiger partial charge in [0.15, 0.2) is 0 Å². The van der Waals surface area contributed by atoms with Gasteiger partial charge in [-0.25, -0.2) is 0 Å². The van der Waals surface area contributed by atoms with Crippen LogP contribution in [0.1, 0.15) is 40.5 Å². The Kier molecular flexibility index (Phi) is 3.78. The van der Waals surface area contributed by atoms with Gasteiger partial charge < -0.3 is 0 Å². The van der Waals surface area contributed by atoms with E-state index >= 15 is 0 Å². The Morgan fingerprint density at radius 2 is 1.75 bits per heavy atom. The minimum atomic E-state index is -0.199. The maximum Gasteiger partial charge on any atom is 0.0818 e. The molecule has 2 fully saturated rings. The minimum absolute atomic E-state index is 0.0878. The van der Waals surface area contributed by atoms with Crippen LogP contribution in [0.3, 0.4) is 0 Å². The van der Waals surface area contributed by atoms with Crippen LogP contribution in [-0.2, 0) is 0 Å². The molecule has 0 aliphatic carbocycles. The van der Waals surface area contributed by atoms with Gasteiger partial charge in [-0.3, -0.25) is 0 Å². The van der Waals surface area contributed by atoms with E-state index < -0.39 is 0 Å². The fourth-order valence-electron chi connectivity index (χ4n) is 4.74. The van der Waals surface area contributed by atoms with E-state index in [-0.39, 0.29) is 13.0 Å². The van der Waals surface area contributed by atoms with Gasteiger partial charge in [0, 0.05) is 0 Å². The highest BCUT2D eigenvalue weighted by atomic mass is 31.1. The maximum absolute atomic E-state index is 7.08. The molecular weight excluding hydrogens is 258 g/mol. The summed E-state index contributed by atoms with van der Waals surface area (Å²) < 4.78 is 0. The Bertz CT molecular complexity index is 470. The maximum atomic E-state index is 7.08. The van der Waals surface area contributed by atoms with Crippen molar-refractivity contribution in [2.24, 2.45) is 23.7 Å². The largest absolute Gasteiger partial charge is 0.0818 e. The Hall–Kier alpha value is -0.285. The fourth-order valence-corrected chi connectivity index (χ4v) is 9.15. The molecule has 2 heterocycles. The molecule has 3 rings (SSSR count). The summed E-state index contributed by atoms with van der Waals surface area (Å²) in [5.74, 6) is 3.04. The summed E-state index contributed by atoms with van der Waals surface area (Å²) in [6.45, 7) is 9.50. The second kappa shape index (κ2) is 5.17. The first-order chi connectivity index (χ1) is 9.45. The van der Waals surface area contributed by atoms with Crippen molar-refractivity contribution in [3.05, 3.63) is 30.3 Å². The minimum Gasteiger partial charge on any atom is -0.0742 e. The monoisotopic (exact) mass is 284 g/mol. The molecule has 0 amide bonds. The van der Waals surface area contributed by atoms with E-state index in [1.807, 2.05) is 0 Å². The molecule has 106 valence electrons. The first-order valence-corrected chi connectivity index (χ1v) is 9.49. The third kappa shape index (κ3) is 2.09. The molecule has 0 aromatic heterocycles. The molecule has 0 N–H and O–H groups in total. The Balaban J connectivity index is 2.01. The van der Waals surface area contributed by atoms with Crippen LogP contribution in [-0.4, -0.2) is 18.6 Å². The third-order valence-corrected chi connectivity index (χ3v) is 9.19. The van der Waals surface area contributed by atoms with Crippen LogP contribution in [0.4, 0.5) is 0 Å². The number of hydrogen-bond acceptors (Lipinski definition) is 0. The van der Waals surface area contributed by atoms with E-state index in [1.54, 1.807) is 5.30 Å². The van der Waals surface area contributed by atoms with Crippen LogP contribution in [0.25, 0.3) is 0 Å². The molecule has 5 atom stereocenters. The van der Waals surface area contributed by atoms with E-state index in [9.17, 15) is 0 Å². The summed E-state index contributed by atoms with van der Waals surface area (Å²) in [6.07, 6.45) is 2.61. The van der Waals surface area contributed by atoms with Gasteiger partial charge in [0.2, 0.25) is 0 Å². The second-order valence-electron chi connectivity index (χ2n) is 7.46. The van der Waals surface area contributed by atoms with Crippen LogP contribution in [0.5, 0.6) is 0 Å². The lowest BCUT2D eigenvalue weighted by Gasteiger charge is -2.40. The average molecular weight is 284 g/mol. The highest BCUT2D eigenvalue weighted by Gasteiger charge is 2.60. The zero-order valence-corrected chi connectivity index (χ0v) is 14.1. The number of hydrogen-bond donors (Lipinski definition) is 0. The van der Waals surface area contributed by atoms with Gasteiger partial charge in [0.05, 0.1) is 7.85 Å². The van der Waals surface area contributed by atoms with Crippen molar-refractivity contribution in [1.29, 1.82) is 0 Å². The quantitative estimate of drug-likeness (QED) is 0.571. The van der Waals surface area contributed by atoms with E-state index in [1.165, 1.54) is 12.8 Å². The summed E-state index contributed by atoms with van der Waals surface area (Å²) in [7, 11) is 6.88. The van der Waals surface area contributed by atoms with E-state index in [0.717, 1.165) is 17.5 Å². The van der Waals surface area contributed by atoms with Crippen molar-refractivity contribution in [1.82, 2.24) is 0 Å². The highest BCUT2D eigenvalue weighted by molar-refractivity contribution is 7.70. The molecule has 2 saturated heterocycles. The molecule has 0 saturated carbocycles. The number of benzene rings is 1. The third-order valence-electron chi connectivity index (χ3n) is 5.67. The van der Waals surface area contributed by atoms with Gasteiger partial charge in [-0.2, -0.15) is 0 Å². The molecule has 2 radical (unpaired) electrons. The number of rotatable bonds is 3. The number of fused-ring (bicyclic) bond motifs is 2. The van der Waals surface area contributed by atoms with Gasteiger partial charge in [-0.1, -0.05) is 65.9 Å². The van der Waals surface area contributed by atoms with Crippen LogP contribution in [0.2, 0.25) is 0 Å². The molecule has 1 aromatic rings. The molecule has 2 heteroatoms. The van der Waals surface area contributed by atoms with Crippen molar-refractivity contribution in [2.75, 3.05) is 0 Å². The molecule has 2 aliphatic rings. The van der Waals surface area contributed by atoms with Gasteiger partial charge in [-0.05, 0) is 52.5 Å². The van der Waals surface area contributed by atoms with Gasteiger partial charge in [0.1, 0.15) is 0 Å². The van der Waals surface area contributed by atoms with E-state index in [0.29, 0.717) is 11.8 Å². The zero-order chi connectivity index (χ0) is 14.5. The van der Waals surface area contributed by atoms with Gasteiger partial charge in [-0.15, -0.1) is 0 Å². The lowest BCUT2D eigenvalue weighted by atomic mass is 9.60. The SMILES string of the molecule is [B][C@]12C[C@H](C(C)C)[C@@H](C[C@@H]1C(C)C)P2c1ccccc1. The average Bonchev–Trinajstić information content (AvgIpc) is 2.86. The summed E-state index contributed by atoms with van der Waals surface area (Å²) >= 11 is 0. The predicted molar refractivity (Wildman–Crippen MR) is 91.2 cm³/mol. The van der Waals surface area contributed by atoms with Gasteiger partial charge >= 0.3 is 0 Å². The summed E-state index contributed by atoms with van der Waals surface area (Å²) in [5, 5.41) is 1.63. The lowest BCUT2D eigenvalue weighted by Crippen LogP contribution is -2.39. The summed E-state index contributed by atoms with van der Waals surface area (Å²) in [6, 6.07) is 11.2. The summed E-state index contributed by atoms with van der Waals surface area (Å²) in [4.78, 5) is 0. The standard InChI is InChI=1S/C18H26BP/c1-12(2)15-11-18(19)16(13(3)4)10-17(15)20(18)14-8-6-5-7-9-14/h5-9,12-13,15-17H,10-11H2,1-4H3/t15-,16-,17-,18+,20?/m1/s1. The van der Waals surface area contributed by atoms with Crippen molar-refractivity contribution in [2.45, 2.75) is 51.3 Å². The van der Waals surface area contributed by atoms with Crippen LogP contribution in [0.15, 0.2) is 30.3 Å². The van der Waals surface area contributed by atoms with Crippen LogP contribution in [0, 0.1) is 23.7 Å². The van der Waals surface area contributed by atoms with Gasteiger partial charge in [0.25, 0.3) is 0 Å². The first kappa shape index (κ1) is 14.6. The predicted octanol–water partition coefficient (Wildman–Crippen LogP) is 4.38. The molecule has 1 unspecified atom stereocenters. The van der Waals surface area contributed by atoms with Crippen molar-refractivity contribution in [3.63, 3.8) is 0 Å².